The number of hydrogen-bond acceptors (Lipinski definition) is 5. The molecule has 0 unspecified atom stereocenters. The third-order valence-corrected chi connectivity index (χ3v) is 6.73. The second-order valence-corrected chi connectivity index (χ2v) is 8.98. The van der Waals surface area contributed by atoms with Crippen molar-refractivity contribution >= 4 is 32.6 Å². The van der Waals surface area contributed by atoms with Crippen molar-refractivity contribution in [3.63, 3.8) is 0 Å². The maximum atomic E-state index is 14.0. The molecule has 0 saturated heterocycles. The Morgan fingerprint density at radius 3 is 2.47 bits per heavy atom. The Morgan fingerprint density at radius 2 is 1.68 bits per heavy atom. The van der Waals surface area contributed by atoms with Crippen molar-refractivity contribution in [2.45, 2.75) is 20.4 Å². The van der Waals surface area contributed by atoms with Gasteiger partial charge in [-0.3, -0.25) is 14.7 Å². The van der Waals surface area contributed by atoms with Gasteiger partial charge in [0, 0.05) is 6.20 Å². The third-order valence-electron chi connectivity index (χ3n) is 5.68. The summed E-state index contributed by atoms with van der Waals surface area (Å²) in [5.41, 5.74) is 4.47. The summed E-state index contributed by atoms with van der Waals surface area (Å²) < 4.78 is 7.13. The van der Waals surface area contributed by atoms with Crippen LogP contribution in [0.3, 0.4) is 0 Å². The zero-order valence-corrected chi connectivity index (χ0v) is 19.8. The average Bonchev–Trinajstić information content (AvgIpc) is 3.31. The normalized spacial score (nSPS) is 10.9. The molecule has 0 saturated carbocycles. The Morgan fingerprint density at radius 1 is 0.912 bits per heavy atom. The Bertz CT molecular complexity index is 1450. The van der Waals surface area contributed by atoms with Crippen LogP contribution in [0.15, 0.2) is 91.1 Å². The molecule has 0 aliphatic carbocycles. The zero-order valence-electron chi connectivity index (χ0n) is 18.9. The smallest absolute Gasteiger partial charge is 0.264 e. The lowest BCUT2D eigenvalue weighted by Crippen LogP contribution is -2.31. The number of pyridine rings is 1. The van der Waals surface area contributed by atoms with Gasteiger partial charge in [0.05, 0.1) is 28.0 Å². The van der Waals surface area contributed by atoms with Gasteiger partial charge in [-0.2, -0.15) is 0 Å². The van der Waals surface area contributed by atoms with Crippen LogP contribution in [0.4, 0.5) is 5.13 Å². The molecule has 5 rings (SSSR count). The van der Waals surface area contributed by atoms with Gasteiger partial charge in [-0.15, -0.1) is 0 Å². The van der Waals surface area contributed by atoms with Gasteiger partial charge in [0.25, 0.3) is 5.91 Å². The first kappa shape index (κ1) is 21.8. The van der Waals surface area contributed by atoms with Crippen LogP contribution in [0.5, 0.6) is 11.5 Å². The van der Waals surface area contributed by atoms with E-state index in [1.807, 2.05) is 66.7 Å². The lowest BCUT2D eigenvalue weighted by Gasteiger charge is -2.21. The minimum absolute atomic E-state index is 0.189. The maximum absolute atomic E-state index is 14.0. The number of ether oxygens (including phenoxy) is 1. The lowest BCUT2D eigenvalue weighted by molar-refractivity contribution is 0.0982. The van der Waals surface area contributed by atoms with E-state index in [-0.39, 0.29) is 5.91 Å². The van der Waals surface area contributed by atoms with Gasteiger partial charge in [0.1, 0.15) is 11.5 Å². The molecule has 6 heteroatoms. The molecule has 0 bridgehead atoms. The first-order valence-corrected chi connectivity index (χ1v) is 11.8. The zero-order chi connectivity index (χ0) is 23.5. The molecule has 2 aromatic heterocycles. The molecule has 5 nitrogen and oxygen atoms in total. The van der Waals surface area contributed by atoms with Gasteiger partial charge in [0.15, 0.2) is 5.13 Å². The van der Waals surface area contributed by atoms with E-state index in [0.717, 1.165) is 21.5 Å². The van der Waals surface area contributed by atoms with Gasteiger partial charge in [-0.05, 0) is 67.4 Å². The highest BCUT2D eigenvalue weighted by Gasteiger charge is 2.25. The number of hydrogen-bond donors (Lipinski definition) is 0. The largest absolute Gasteiger partial charge is 0.457 e. The van der Waals surface area contributed by atoms with Crippen molar-refractivity contribution in [2.24, 2.45) is 0 Å². The summed E-state index contributed by atoms with van der Waals surface area (Å²) in [6, 6.07) is 26.6. The SMILES string of the molecule is Cc1ccc2sc(N(Cc3ccccn3)C(=O)c3ccccc3Oc3ccccc3)nc2c1C. The molecule has 0 aliphatic rings. The number of amides is 1. The minimum Gasteiger partial charge on any atom is -0.457 e. The number of aromatic nitrogens is 2. The first-order valence-electron chi connectivity index (χ1n) is 11.0. The first-order chi connectivity index (χ1) is 16.6. The van der Waals surface area contributed by atoms with E-state index in [9.17, 15) is 4.79 Å². The van der Waals surface area contributed by atoms with Crippen molar-refractivity contribution in [2.75, 3.05) is 4.90 Å². The van der Waals surface area contributed by atoms with Crippen molar-refractivity contribution in [3.8, 4) is 11.5 Å². The minimum atomic E-state index is -0.189. The Labute approximate surface area is 202 Å². The molecule has 0 N–H and O–H groups in total. The van der Waals surface area contributed by atoms with Crippen molar-refractivity contribution in [1.82, 2.24) is 9.97 Å². The van der Waals surface area contributed by atoms with Crippen LogP contribution in [-0.4, -0.2) is 15.9 Å². The van der Waals surface area contributed by atoms with Gasteiger partial charge in [-0.1, -0.05) is 53.8 Å². The average molecular weight is 466 g/mol. The number of thiazole rings is 1. The molecule has 34 heavy (non-hydrogen) atoms. The molecule has 0 spiro atoms. The number of carbonyl (C=O) groups is 1. The molecule has 168 valence electrons. The summed E-state index contributed by atoms with van der Waals surface area (Å²) >= 11 is 1.51. The molecule has 3 aromatic carbocycles. The van der Waals surface area contributed by atoms with Crippen molar-refractivity contribution < 1.29 is 9.53 Å². The predicted molar refractivity (Wildman–Crippen MR) is 137 cm³/mol. The molecule has 2 heterocycles. The molecule has 0 atom stereocenters. The Balaban J connectivity index is 1.58. The highest BCUT2D eigenvalue weighted by molar-refractivity contribution is 7.22. The van der Waals surface area contributed by atoms with Crippen molar-refractivity contribution in [3.05, 3.63) is 114 Å². The van der Waals surface area contributed by atoms with Crippen LogP contribution >= 0.6 is 11.3 Å². The van der Waals surface area contributed by atoms with E-state index in [2.05, 4.69) is 31.0 Å². The monoisotopic (exact) mass is 465 g/mol. The number of para-hydroxylation sites is 2. The van der Waals surface area contributed by atoms with Gasteiger partial charge in [0.2, 0.25) is 0 Å². The molecule has 1 amide bonds. The number of aryl methyl sites for hydroxylation is 2. The standard InChI is InChI=1S/C28H23N3O2S/c1-19-15-16-25-26(20(19)2)30-28(34-25)31(18-21-10-8-9-17-29-21)27(32)23-13-6-7-14-24(23)33-22-11-4-3-5-12-22/h3-17H,18H2,1-2H3. The van der Waals surface area contributed by atoms with Gasteiger partial charge in [-0.25, -0.2) is 4.98 Å². The predicted octanol–water partition coefficient (Wildman–Crippen LogP) is 6.95. The second kappa shape index (κ2) is 9.45. The van der Waals surface area contributed by atoms with E-state index in [1.54, 1.807) is 17.2 Å². The van der Waals surface area contributed by atoms with Crippen LogP contribution in [0.2, 0.25) is 0 Å². The molecule has 0 fully saturated rings. The van der Waals surface area contributed by atoms with Gasteiger partial charge >= 0.3 is 0 Å². The summed E-state index contributed by atoms with van der Waals surface area (Å²) in [7, 11) is 0. The van der Waals surface area contributed by atoms with Crippen LogP contribution in [0, 0.1) is 13.8 Å². The number of rotatable bonds is 6. The molecular formula is C28H23N3O2S. The Hall–Kier alpha value is -4.03. The topological polar surface area (TPSA) is 55.3 Å². The molecular weight excluding hydrogens is 442 g/mol. The van der Waals surface area contributed by atoms with E-state index in [1.165, 1.54) is 16.9 Å². The molecule has 0 aliphatic heterocycles. The van der Waals surface area contributed by atoms with Gasteiger partial charge < -0.3 is 4.74 Å². The molecule has 5 aromatic rings. The lowest BCUT2D eigenvalue weighted by atomic mass is 10.1. The fourth-order valence-electron chi connectivity index (χ4n) is 3.70. The number of nitrogens with zero attached hydrogens (tertiary/aromatic N) is 3. The van der Waals surface area contributed by atoms with Crippen LogP contribution in [0.25, 0.3) is 10.2 Å². The van der Waals surface area contributed by atoms with Crippen LogP contribution in [0.1, 0.15) is 27.2 Å². The van der Waals surface area contributed by atoms with E-state index >= 15 is 0 Å². The van der Waals surface area contributed by atoms with Crippen LogP contribution < -0.4 is 9.64 Å². The second-order valence-electron chi connectivity index (χ2n) is 7.97. The summed E-state index contributed by atoms with van der Waals surface area (Å²) in [4.78, 5) is 25.0. The maximum Gasteiger partial charge on any atom is 0.264 e. The molecule has 0 radical (unpaired) electrons. The fraction of sp³-hybridized carbons (Fsp3) is 0.107. The summed E-state index contributed by atoms with van der Waals surface area (Å²) in [5.74, 6) is 0.980. The van der Waals surface area contributed by atoms with E-state index in [4.69, 9.17) is 9.72 Å². The number of fused-ring (bicyclic) bond motifs is 1. The summed E-state index contributed by atoms with van der Waals surface area (Å²) in [6.07, 6.45) is 1.73. The highest BCUT2D eigenvalue weighted by Crippen LogP contribution is 2.35. The van der Waals surface area contributed by atoms with E-state index < -0.39 is 0 Å². The number of anilines is 1. The summed E-state index contributed by atoms with van der Waals surface area (Å²) in [5, 5.41) is 0.633. The third kappa shape index (κ3) is 4.40. The number of benzene rings is 3. The Kier molecular flexibility index (Phi) is 6.06. The van der Waals surface area contributed by atoms with Crippen LogP contribution in [-0.2, 0) is 6.54 Å². The van der Waals surface area contributed by atoms with Crippen molar-refractivity contribution in [1.29, 1.82) is 0 Å². The highest BCUT2D eigenvalue weighted by atomic mass is 32.1. The number of carbonyl (C=O) groups excluding carboxylic acids is 1. The quantitative estimate of drug-likeness (QED) is 0.272. The fourth-order valence-corrected chi connectivity index (χ4v) is 4.73. The summed E-state index contributed by atoms with van der Waals surface area (Å²) in [6.45, 7) is 4.44. The van der Waals surface area contributed by atoms with E-state index in [0.29, 0.717) is 28.7 Å².